The van der Waals surface area contributed by atoms with Gasteiger partial charge in [0, 0.05) is 45.8 Å². The van der Waals surface area contributed by atoms with E-state index in [2.05, 4.69) is 34.1 Å². The average molecular weight is 279 g/mol. The van der Waals surface area contributed by atoms with Gasteiger partial charge in [-0.1, -0.05) is 0 Å². The van der Waals surface area contributed by atoms with Crippen LogP contribution in [0, 0.1) is 0 Å². The number of imidazole rings is 1. The summed E-state index contributed by atoms with van der Waals surface area (Å²) in [5, 5.41) is 2.97. The monoisotopic (exact) mass is 279 g/mol. The van der Waals surface area contributed by atoms with E-state index < -0.39 is 0 Å². The van der Waals surface area contributed by atoms with Gasteiger partial charge in [0.2, 0.25) is 0 Å². The Labute approximate surface area is 120 Å². The summed E-state index contributed by atoms with van der Waals surface area (Å²) in [6, 6.07) is 0.510. The molecule has 0 aromatic carbocycles. The number of aromatic nitrogens is 2. The summed E-state index contributed by atoms with van der Waals surface area (Å²) in [7, 11) is 3.99. The van der Waals surface area contributed by atoms with E-state index in [1.54, 1.807) is 17.1 Å². The van der Waals surface area contributed by atoms with E-state index in [9.17, 15) is 4.79 Å². The van der Waals surface area contributed by atoms with Crippen molar-refractivity contribution in [2.24, 2.45) is 7.05 Å². The molecule has 0 saturated carbocycles. The van der Waals surface area contributed by atoms with Gasteiger partial charge in [-0.25, -0.2) is 4.98 Å². The Balaban J connectivity index is 1.70. The largest absolute Gasteiger partial charge is 0.351 e. The van der Waals surface area contributed by atoms with Crippen LogP contribution in [0.1, 0.15) is 23.8 Å². The minimum Gasteiger partial charge on any atom is -0.351 e. The molecular formula is C14H25N5O. The van der Waals surface area contributed by atoms with Crippen LogP contribution in [0.3, 0.4) is 0 Å². The maximum atomic E-state index is 11.9. The molecule has 1 N–H and O–H groups in total. The number of likely N-dealkylation sites (N-methyl/N-ethyl adjacent to an activating group) is 1. The molecule has 1 atom stereocenters. The van der Waals surface area contributed by atoms with Gasteiger partial charge in [-0.2, -0.15) is 0 Å². The standard InChI is InChI=1S/C14H25N5O/c1-12(19-8-6-17(2)7-9-19)4-5-16-14(20)13-10-15-11-18(13)3/h10-12H,4-9H2,1-3H3,(H,16,20)/t12-/m1/s1. The number of rotatable bonds is 5. The first-order chi connectivity index (χ1) is 9.58. The highest BCUT2D eigenvalue weighted by molar-refractivity contribution is 5.92. The second-order valence-corrected chi connectivity index (χ2v) is 5.62. The van der Waals surface area contributed by atoms with Crippen LogP contribution in [0.5, 0.6) is 0 Å². The molecule has 1 amide bonds. The van der Waals surface area contributed by atoms with Gasteiger partial charge in [-0.15, -0.1) is 0 Å². The number of aryl methyl sites for hydroxylation is 1. The maximum Gasteiger partial charge on any atom is 0.269 e. The summed E-state index contributed by atoms with van der Waals surface area (Å²) in [6.45, 7) is 7.44. The molecule has 6 heteroatoms. The number of piperazine rings is 1. The van der Waals surface area contributed by atoms with Crippen molar-refractivity contribution in [2.45, 2.75) is 19.4 Å². The Bertz CT molecular complexity index is 437. The molecule has 0 radical (unpaired) electrons. The average Bonchev–Trinajstić information content (AvgIpc) is 2.85. The summed E-state index contributed by atoms with van der Waals surface area (Å²) < 4.78 is 1.74. The zero-order chi connectivity index (χ0) is 14.5. The molecule has 2 heterocycles. The zero-order valence-corrected chi connectivity index (χ0v) is 12.7. The summed E-state index contributed by atoms with van der Waals surface area (Å²) in [4.78, 5) is 20.7. The van der Waals surface area contributed by atoms with Crippen LogP contribution in [0.25, 0.3) is 0 Å². The lowest BCUT2D eigenvalue weighted by Crippen LogP contribution is -2.48. The van der Waals surface area contributed by atoms with Crippen molar-refractivity contribution in [1.82, 2.24) is 24.7 Å². The third-order valence-corrected chi connectivity index (χ3v) is 4.06. The van der Waals surface area contributed by atoms with Crippen LogP contribution in [0.4, 0.5) is 0 Å². The second kappa shape index (κ2) is 6.85. The summed E-state index contributed by atoms with van der Waals surface area (Å²) in [5.41, 5.74) is 0.609. The normalized spacial score (nSPS) is 18.9. The molecule has 112 valence electrons. The SMILES string of the molecule is C[C@H](CCNC(=O)c1cncn1C)N1CCN(C)CC1. The molecule has 0 bridgehead atoms. The lowest BCUT2D eigenvalue weighted by molar-refractivity contribution is 0.0927. The van der Waals surface area contributed by atoms with E-state index >= 15 is 0 Å². The number of carbonyl (C=O) groups is 1. The fourth-order valence-corrected chi connectivity index (χ4v) is 2.51. The Hall–Kier alpha value is -1.40. The number of nitrogens with zero attached hydrogens (tertiary/aromatic N) is 4. The quantitative estimate of drug-likeness (QED) is 0.835. The van der Waals surface area contributed by atoms with Gasteiger partial charge in [0.1, 0.15) is 5.69 Å². The molecule has 1 fully saturated rings. The third-order valence-electron chi connectivity index (χ3n) is 4.06. The van der Waals surface area contributed by atoms with Crippen molar-refractivity contribution in [3.8, 4) is 0 Å². The van der Waals surface area contributed by atoms with Gasteiger partial charge in [0.05, 0.1) is 12.5 Å². The molecule has 2 rings (SSSR count). The lowest BCUT2D eigenvalue weighted by Gasteiger charge is -2.36. The molecule has 1 aliphatic rings. The Morgan fingerprint density at radius 3 is 2.65 bits per heavy atom. The van der Waals surface area contributed by atoms with Crippen LogP contribution in [-0.2, 0) is 7.05 Å². The van der Waals surface area contributed by atoms with E-state index in [0.29, 0.717) is 18.3 Å². The van der Waals surface area contributed by atoms with Gasteiger partial charge in [0.15, 0.2) is 0 Å². The molecule has 1 aromatic rings. The lowest BCUT2D eigenvalue weighted by atomic mass is 10.1. The summed E-state index contributed by atoms with van der Waals surface area (Å²) in [6.07, 6.45) is 4.22. The maximum absolute atomic E-state index is 11.9. The Kier molecular flexibility index (Phi) is 5.14. The number of amides is 1. The van der Waals surface area contributed by atoms with E-state index in [0.717, 1.165) is 32.6 Å². The van der Waals surface area contributed by atoms with Gasteiger partial charge >= 0.3 is 0 Å². The summed E-state index contributed by atoms with van der Waals surface area (Å²) >= 11 is 0. The number of nitrogens with one attached hydrogen (secondary N) is 1. The van der Waals surface area contributed by atoms with E-state index in [4.69, 9.17) is 0 Å². The predicted octanol–water partition coefficient (Wildman–Crippen LogP) is 0.176. The molecule has 20 heavy (non-hydrogen) atoms. The van der Waals surface area contributed by atoms with Gasteiger partial charge in [-0.3, -0.25) is 9.69 Å². The highest BCUT2D eigenvalue weighted by Crippen LogP contribution is 2.07. The van der Waals surface area contributed by atoms with Gasteiger partial charge in [-0.05, 0) is 20.4 Å². The summed E-state index contributed by atoms with van der Waals surface area (Å²) in [5.74, 6) is -0.0458. The first-order valence-corrected chi connectivity index (χ1v) is 7.25. The highest BCUT2D eigenvalue weighted by Gasteiger charge is 2.19. The van der Waals surface area contributed by atoms with Crippen LogP contribution in [0.15, 0.2) is 12.5 Å². The second-order valence-electron chi connectivity index (χ2n) is 5.62. The molecule has 0 aliphatic carbocycles. The van der Waals surface area contributed by atoms with Crippen molar-refractivity contribution in [1.29, 1.82) is 0 Å². The fourth-order valence-electron chi connectivity index (χ4n) is 2.51. The molecule has 6 nitrogen and oxygen atoms in total. The minimum atomic E-state index is -0.0458. The van der Waals surface area contributed by atoms with Gasteiger partial charge in [0.25, 0.3) is 5.91 Å². The highest BCUT2D eigenvalue weighted by atomic mass is 16.1. The predicted molar refractivity (Wildman–Crippen MR) is 78.7 cm³/mol. The van der Waals surface area contributed by atoms with Crippen molar-refractivity contribution in [3.63, 3.8) is 0 Å². The zero-order valence-electron chi connectivity index (χ0n) is 12.7. The molecular weight excluding hydrogens is 254 g/mol. The van der Waals surface area contributed by atoms with Crippen LogP contribution < -0.4 is 5.32 Å². The molecule has 0 unspecified atom stereocenters. The minimum absolute atomic E-state index is 0.0458. The Morgan fingerprint density at radius 1 is 1.35 bits per heavy atom. The number of carbonyl (C=O) groups excluding carboxylic acids is 1. The molecule has 1 saturated heterocycles. The third kappa shape index (κ3) is 3.80. The van der Waals surface area contributed by atoms with Gasteiger partial charge < -0.3 is 14.8 Å². The number of hydrogen-bond acceptors (Lipinski definition) is 4. The van der Waals surface area contributed by atoms with Crippen LogP contribution in [-0.4, -0.2) is 71.1 Å². The fraction of sp³-hybridized carbons (Fsp3) is 0.714. The number of hydrogen-bond donors (Lipinski definition) is 1. The smallest absolute Gasteiger partial charge is 0.269 e. The van der Waals surface area contributed by atoms with E-state index in [1.807, 2.05) is 7.05 Å². The van der Waals surface area contributed by atoms with Crippen LogP contribution in [0.2, 0.25) is 0 Å². The van der Waals surface area contributed by atoms with Crippen molar-refractivity contribution >= 4 is 5.91 Å². The van der Waals surface area contributed by atoms with Crippen LogP contribution >= 0.6 is 0 Å². The molecule has 1 aromatic heterocycles. The first-order valence-electron chi connectivity index (χ1n) is 7.25. The van der Waals surface area contributed by atoms with E-state index in [1.165, 1.54) is 0 Å². The molecule has 1 aliphatic heterocycles. The topological polar surface area (TPSA) is 53.4 Å². The van der Waals surface area contributed by atoms with Crippen molar-refractivity contribution in [2.75, 3.05) is 39.8 Å². The molecule has 0 spiro atoms. The van der Waals surface area contributed by atoms with Crippen molar-refractivity contribution < 1.29 is 4.79 Å². The Morgan fingerprint density at radius 2 is 2.05 bits per heavy atom. The first kappa shape index (κ1) is 15.0. The van der Waals surface area contributed by atoms with Crippen molar-refractivity contribution in [3.05, 3.63) is 18.2 Å². The van der Waals surface area contributed by atoms with E-state index in [-0.39, 0.29) is 5.91 Å².